The molecule has 2 rings (SSSR count). The molecule has 0 aliphatic heterocycles. The third kappa shape index (κ3) is 3.88. The van der Waals surface area contributed by atoms with Crippen molar-refractivity contribution < 1.29 is 0 Å². The maximum atomic E-state index is 8.94. The van der Waals surface area contributed by atoms with Gasteiger partial charge in [0, 0.05) is 24.0 Å². The van der Waals surface area contributed by atoms with Gasteiger partial charge >= 0.3 is 0 Å². The molecule has 4 heteroatoms. The number of nitriles is 1. The number of thiazole rings is 1. The van der Waals surface area contributed by atoms with Crippen LogP contribution >= 0.6 is 11.3 Å². The molecule has 98 valence electrons. The van der Waals surface area contributed by atoms with Crippen LogP contribution in [0.5, 0.6) is 0 Å². The molecule has 0 saturated carbocycles. The minimum Gasteiger partial charge on any atom is -0.309 e. The first-order valence-electron chi connectivity index (χ1n) is 6.22. The fraction of sp³-hybridized carbons (Fsp3) is 0.333. The Labute approximate surface area is 117 Å². The lowest BCUT2D eigenvalue weighted by Gasteiger charge is -2.14. The summed E-state index contributed by atoms with van der Waals surface area (Å²) in [4.78, 5) is 4.60. The van der Waals surface area contributed by atoms with Crippen LogP contribution in [0.4, 0.5) is 0 Å². The first-order valence-corrected chi connectivity index (χ1v) is 7.10. The topological polar surface area (TPSA) is 48.7 Å². The van der Waals surface area contributed by atoms with Gasteiger partial charge in [-0.05, 0) is 13.8 Å². The average molecular weight is 271 g/mol. The third-order valence-electron chi connectivity index (χ3n) is 2.77. The zero-order valence-corrected chi connectivity index (χ0v) is 12.0. The molecule has 0 unspecified atom stereocenters. The highest BCUT2D eigenvalue weighted by Gasteiger charge is 2.15. The van der Waals surface area contributed by atoms with Crippen LogP contribution in [-0.4, -0.2) is 11.5 Å². The lowest BCUT2D eigenvalue weighted by Crippen LogP contribution is -2.27. The van der Waals surface area contributed by atoms with Crippen LogP contribution in [0.1, 0.15) is 18.9 Å². The summed E-state index contributed by atoms with van der Waals surface area (Å²) >= 11 is 1.65. The van der Waals surface area contributed by atoms with Gasteiger partial charge in [-0.2, -0.15) is 5.26 Å². The Hall–Kier alpha value is -1.70. The zero-order valence-electron chi connectivity index (χ0n) is 11.2. The lowest BCUT2D eigenvalue weighted by atomic mass is 9.96. The maximum Gasteiger partial charge on any atom is 0.107 e. The smallest absolute Gasteiger partial charge is 0.107 e. The lowest BCUT2D eigenvalue weighted by molar-refractivity contribution is 0.445. The Morgan fingerprint density at radius 2 is 2.05 bits per heavy atom. The van der Waals surface area contributed by atoms with E-state index in [0.29, 0.717) is 13.1 Å². The van der Waals surface area contributed by atoms with Gasteiger partial charge in [0.15, 0.2) is 0 Å². The van der Waals surface area contributed by atoms with Crippen LogP contribution < -0.4 is 5.32 Å². The van der Waals surface area contributed by atoms with Gasteiger partial charge < -0.3 is 5.32 Å². The highest BCUT2D eigenvalue weighted by Crippen LogP contribution is 2.21. The Kier molecular flexibility index (Phi) is 4.31. The van der Waals surface area contributed by atoms with Gasteiger partial charge in [-0.3, -0.25) is 0 Å². The molecule has 1 aromatic heterocycles. The van der Waals surface area contributed by atoms with E-state index in [1.807, 2.05) is 32.0 Å². The van der Waals surface area contributed by atoms with Crippen molar-refractivity contribution in [3.63, 3.8) is 0 Å². The Morgan fingerprint density at radius 3 is 2.74 bits per heavy atom. The molecule has 0 aliphatic rings. The largest absolute Gasteiger partial charge is 0.309 e. The van der Waals surface area contributed by atoms with Crippen molar-refractivity contribution in [1.82, 2.24) is 10.3 Å². The quantitative estimate of drug-likeness (QED) is 0.906. The van der Waals surface area contributed by atoms with Gasteiger partial charge in [0.05, 0.1) is 17.2 Å². The molecule has 1 aromatic carbocycles. The van der Waals surface area contributed by atoms with Crippen LogP contribution in [0.25, 0.3) is 11.3 Å². The van der Waals surface area contributed by atoms with E-state index in [4.69, 9.17) is 5.26 Å². The summed E-state index contributed by atoms with van der Waals surface area (Å²) in [6.45, 7) is 5.24. The van der Waals surface area contributed by atoms with Crippen molar-refractivity contribution in [2.45, 2.75) is 20.4 Å². The van der Waals surface area contributed by atoms with Gasteiger partial charge in [-0.1, -0.05) is 30.3 Å². The third-order valence-corrected chi connectivity index (χ3v) is 3.62. The molecule has 19 heavy (non-hydrogen) atoms. The summed E-state index contributed by atoms with van der Waals surface area (Å²) in [5, 5.41) is 15.3. The summed E-state index contributed by atoms with van der Waals surface area (Å²) < 4.78 is 0. The maximum absolute atomic E-state index is 8.94. The van der Waals surface area contributed by atoms with Crippen molar-refractivity contribution in [2.24, 2.45) is 5.41 Å². The van der Waals surface area contributed by atoms with Crippen molar-refractivity contribution in [2.75, 3.05) is 6.54 Å². The average Bonchev–Trinajstić information content (AvgIpc) is 2.88. The normalized spacial score (nSPS) is 11.2. The number of hydrogen-bond acceptors (Lipinski definition) is 4. The molecule has 0 amide bonds. The van der Waals surface area contributed by atoms with E-state index in [1.165, 1.54) is 0 Å². The standard InChI is InChI=1S/C15H17N3S/c1-15(2,10-16)11-17-8-14-18-13(9-19-14)12-6-4-3-5-7-12/h3-7,9,17H,8,11H2,1-2H3. The second kappa shape index (κ2) is 5.96. The summed E-state index contributed by atoms with van der Waals surface area (Å²) in [5.74, 6) is 0. The van der Waals surface area contributed by atoms with Crippen molar-refractivity contribution in [1.29, 1.82) is 5.26 Å². The van der Waals surface area contributed by atoms with Gasteiger partial charge in [0.2, 0.25) is 0 Å². The van der Waals surface area contributed by atoms with Crippen LogP contribution in [0.3, 0.4) is 0 Å². The molecule has 0 fully saturated rings. The first-order chi connectivity index (χ1) is 9.11. The van der Waals surface area contributed by atoms with E-state index in [9.17, 15) is 0 Å². The van der Waals surface area contributed by atoms with Gasteiger partial charge in [0.25, 0.3) is 0 Å². The molecule has 0 saturated heterocycles. The predicted octanol–water partition coefficient (Wildman–Crippen LogP) is 3.45. The molecule has 0 radical (unpaired) electrons. The minimum atomic E-state index is -0.334. The molecular weight excluding hydrogens is 254 g/mol. The summed E-state index contributed by atoms with van der Waals surface area (Å²) in [5.41, 5.74) is 1.82. The fourth-order valence-electron chi connectivity index (χ4n) is 1.66. The second-order valence-electron chi connectivity index (χ2n) is 5.09. The second-order valence-corrected chi connectivity index (χ2v) is 6.03. The summed E-state index contributed by atoms with van der Waals surface area (Å²) in [6, 6.07) is 12.4. The predicted molar refractivity (Wildman–Crippen MR) is 78.7 cm³/mol. The van der Waals surface area contributed by atoms with Crippen LogP contribution in [0.15, 0.2) is 35.7 Å². The van der Waals surface area contributed by atoms with Crippen LogP contribution in [0.2, 0.25) is 0 Å². The zero-order chi connectivity index (χ0) is 13.7. The molecule has 0 aliphatic carbocycles. The van der Waals surface area contributed by atoms with Gasteiger partial charge in [0.1, 0.15) is 5.01 Å². The van der Waals surface area contributed by atoms with Crippen molar-refractivity contribution in [3.8, 4) is 17.3 Å². The highest BCUT2D eigenvalue weighted by molar-refractivity contribution is 7.09. The first kappa shape index (κ1) is 13.7. The van der Waals surface area contributed by atoms with Gasteiger partial charge in [-0.25, -0.2) is 4.98 Å². The monoisotopic (exact) mass is 271 g/mol. The van der Waals surface area contributed by atoms with E-state index >= 15 is 0 Å². The molecule has 1 heterocycles. The van der Waals surface area contributed by atoms with Crippen LogP contribution in [-0.2, 0) is 6.54 Å². The molecule has 0 spiro atoms. The molecule has 1 N–H and O–H groups in total. The molecule has 0 atom stereocenters. The van der Waals surface area contributed by atoms with Crippen LogP contribution in [0, 0.1) is 16.7 Å². The van der Waals surface area contributed by atoms with E-state index in [1.54, 1.807) is 11.3 Å². The number of nitrogens with one attached hydrogen (secondary N) is 1. The number of aromatic nitrogens is 1. The van der Waals surface area contributed by atoms with Crippen molar-refractivity contribution in [3.05, 3.63) is 40.7 Å². The van der Waals surface area contributed by atoms with E-state index < -0.39 is 0 Å². The van der Waals surface area contributed by atoms with E-state index in [0.717, 1.165) is 16.3 Å². The highest BCUT2D eigenvalue weighted by atomic mass is 32.1. The molecule has 2 aromatic rings. The number of nitrogens with zero attached hydrogens (tertiary/aromatic N) is 2. The number of rotatable bonds is 5. The molecular formula is C15H17N3S. The summed E-state index contributed by atoms with van der Waals surface area (Å²) in [6.07, 6.45) is 0. The Balaban J connectivity index is 1.94. The van der Waals surface area contributed by atoms with E-state index in [2.05, 4.69) is 33.9 Å². The Bertz CT molecular complexity index is 567. The van der Waals surface area contributed by atoms with E-state index in [-0.39, 0.29) is 5.41 Å². The number of hydrogen-bond donors (Lipinski definition) is 1. The Morgan fingerprint density at radius 1 is 1.32 bits per heavy atom. The number of benzene rings is 1. The molecule has 3 nitrogen and oxygen atoms in total. The summed E-state index contributed by atoms with van der Waals surface area (Å²) in [7, 11) is 0. The van der Waals surface area contributed by atoms with Crippen molar-refractivity contribution >= 4 is 11.3 Å². The fourth-order valence-corrected chi connectivity index (χ4v) is 2.43. The SMILES string of the molecule is CC(C)(C#N)CNCc1nc(-c2ccccc2)cs1. The van der Waals surface area contributed by atoms with Gasteiger partial charge in [-0.15, -0.1) is 11.3 Å². The molecule has 0 bridgehead atoms. The minimum absolute atomic E-state index is 0.334.